The quantitative estimate of drug-likeness (QED) is 0.907. The summed E-state index contributed by atoms with van der Waals surface area (Å²) in [6.45, 7) is 4.29. The summed E-state index contributed by atoms with van der Waals surface area (Å²) in [7, 11) is 0. The largest absolute Gasteiger partial charge is 0.350 e. The van der Waals surface area contributed by atoms with Gasteiger partial charge in [-0.15, -0.1) is 0 Å². The van der Waals surface area contributed by atoms with Crippen molar-refractivity contribution in [3.8, 4) is 0 Å². The zero-order valence-electron chi connectivity index (χ0n) is 11.8. The lowest BCUT2D eigenvalue weighted by molar-refractivity contribution is -0.122. The van der Waals surface area contributed by atoms with Crippen LogP contribution in [0.3, 0.4) is 0 Å². The number of benzene rings is 1. The van der Waals surface area contributed by atoms with E-state index in [1.54, 1.807) is 6.20 Å². The van der Waals surface area contributed by atoms with E-state index in [-0.39, 0.29) is 11.8 Å². The van der Waals surface area contributed by atoms with E-state index in [1.807, 2.05) is 50.2 Å². The number of nitrogens with one attached hydrogen (secondary N) is 1. The van der Waals surface area contributed by atoms with Gasteiger partial charge in [-0.3, -0.25) is 4.79 Å². The van der Waals surface area contributed by atoms with Crippen molar-refractivity contribution in [2.24, 2.45) is 0 Å². The Morgan fingerprint density at radius 2 is 2.00 bits per heavy atom. The fourth-order valence-corrected chi connectivity index (χ4v) is 2.16. The van der Waals surface area contributed by atoms with Crippen LogP contribution in [0.4, 0.5) is 0 Å². The smallest absolute Gasteiger partial charge is 0.227 e. The summed E-state index contributed by atoms with van der Waals surface area (Å²) < 4.78 is 0. The van der Waals surface area contributed by atoms with Gasteiger partial charge in [0.1, 0.15) is 5.82 Å². The van der Waals surface area contributed by atoms with Crippen LogP contribution in [0.15, 0.2) is 42.6 Å². The van der Waals surface area contributed by atoms with Gasteiger partial charge in [-0.25, -0.2) is 9.97 Å². The molecule has 0 radical (unpaired) electrons. The van der Waals surface area contributed by atoms with Crippen LogP contribution in [0.1, 0.15) is 36.3 Å². The third kappa shape index (κ3) is 3.63. The maximum absolute atomic E-state index is 12.3. The van der Waals surface area contributed by atoms with Gasteiger partial charge in [-0.2, -0.15) is 0 Å². The van der Waals surface area contributed by atoms with Crippen molar-refractivity contribution in [3.05, 3.63) is 59.7 Å². The Morgan fingerprint density at radius 3 is 2.65 bits per heavy atom. The number of hydrogen-bond acceptors (Lipinski definition) is 3. The molecule has 0 saturated carbocycles. The zero-order chi connectivity index (χ0) is 14.4. The molecule has 1 atom stereocenters. The molecule has 1 heterocycles. The highest BCUT2D eigenvalue weighted by Gasteiger charge is 2.17. The van der Waals surface area contributed by atoms with Crippen LogP contribution >= 0.6 is 0 Å². The highest BCUT2D eigenvalue weighted by Crippen LogP contribution is 2.19. The van der Waals surface area contributed by atoms with E-state index < -0.39 is 0 Å². The lowest BCUT2D eigenvalue weighted by Crippen LogP contribution is -2.29. The van der Waals surface area contributed by atoms with Gasteiger partial charge >= 0.3 is 0 Å². The lowest BCUT2D eigenvalue weighted by atomic mass is 9.96. The van der Waals surface area contributed by atoms with E-state index in [0.717, 1.165) is 17.7 Å². The lowest BCUT2D eigenvalue weighted by Gasteiger charge is -2.15. The summed E-state index contributed by atoms with van der Waals surface area (Å²) in [5.41, 5.74) is 1.88. The highest BCUT2D eigenvalue weighted by molar-refractivity contribution is 5.83. The number of carbonyl (C=O) groups excluding carboxylic acids is 1. The fourth-order valence-electron chi connectivity index (χ4n) is 2.16. The molecule has 1 N–H and O–H groups in total. The molecule has 2 rings (SSSR count). The van der Waals surface area contributed by atoms with Gasteiger partial charge in [0.2, 0.25) is 5.91 Å². The summed E-state index contributed by atoms with van der Waals surface area (Å²) in [5, 5.41) is 2.95. The first-order valence-electron chi connectivity index (χ1n) is 6.82. The first kappa shape index (κ1) is 14.2. The van der Waals surface area contributed by atoms with Crippen molar-refractivity contribution in [3.63, 3.8) is 0 Å². The molecule has 1 aromatic heterocycles. The highest BCUT2D eigenvalue weighted by atomic mass is 16.1. The first-order chi connectivity index (χ1) is 9.70. The van der Waals surface area contributed by atoms with E-state index in [9.17, 15) is 4.79 Å². The molecular formula is C16H19N3O. The van der Waals surface area contributed by atoms with Gasteiger partial charge in [0, 0.05) is 6.20 Å². The van der Waals surface area contributed by atoms with Crippen LogP contribution in [0.25, 0.3) is 0 Å². The summed E-state index contributed by atoms with van der Waals surface area (Å²) in [6, 6.07) is 11.7. The number of hydrogen-bond donors (Lipinski definition) is 1. The summed E-state index contributed by atoms with van der Waals surface area (Å²) in [6.07, 6.45) is 2.48. The van der Waals surface area contributed by atoms with Gasteiger partial charge in [0.05, 0.1) is 18.2 Å². The van der Waals surface area contributed by atoms with E-state index in [0.29, 0.717) is 12.4 Å². The van der Waals surface area contributed by atoms with Crippen molar-refractivity contribution < 1.29 is 4.79 Å². The SMILES string of the molecule is CC[C@H](C(=O)NCc1ccnc(C)n1)c1ccccc1. The van der Waals surface area contributed by atoms with Crippen LogP contribution in [0.5, 0.6) is 0 Å². The normalized spacial score (nSPS) is 11.9. The molecular weight excluding hydrogens is 250 g/mol. The Kier molecular flexibility index (Phi) is 4.82. The van der Waals surface area contributed by atoms with Crippen LogP contribution in [-0.4, -0.2) is 15.9 Å². The first-order valence-corrected chi connectivity index (χ1v) is 6.82. The Morgan fingerprint density at radius 1 is 1.25 bits per heavy atom. The van der Waals surface area contributed by atoms with Crippen LogP contribution in [0, 0.1) is 6.92 Å². The average molecular weight is 269 g/mol. The molecule has 0 unspecified atom stereocenters. The second-order valence-electron chi connectivity index (χ2n) is 4.68. The summed E-state index contributed by atoms with van der Waals surface area (Å²) in [5.74, 6) is 0.640. The average Bonchev–Trinajstić information content (AvgIpc) is 2.47. The second-order valence-corrected chi connectivity index (χ2v) is 4.68. The van der Waals surface area contributed by atoms with Crippen LogP contribution in [-0.2, 0) is 11.3 Å². The standard InChI is InChI=1S/C16H19N3O/c1-3-15(13-7-5-4-6-8-13)16(20)18-11-14-9-10-17-12(2)19-14/h4-10,15H,3,11H2,1-2H3,(H,18,20)/t15-/m0/s1. The van der Waals surface area contributed by atoms with Crippen molar-refractivity contribution in [2.45, 2.75) is 32.7 Å². The van der Waals surface area contributed by atoms with E-state index in [2.05, 4.69) is 15.3 Å². The number of rotatable bonds is 5. The van der Waals surface area contributed by atoms with Gasteiger partial charge in [0.25, 0.3) is 0 Å². The number of aromatic nitrogens is 2. The van der Waals surface area contributed by atoms with Crippen molar-refractivity contribution in [2.75, 3.05) is 0 Å². The second kappa shape index (κ2) is 6.80. The number of carbonyl (C=O) groups is 1. The van der Waals surface area contributed by atoms with E-state index in [4.69, 9.17) is 0 Å². The van der Waals surface area contributed by atoms with Crippen molar-refractivity contribution in [1.29, 1.82) is 0 Å². The number of nitrogens with zero attached hydrogens (tertiary/aromatic N) is 2. The molecule has 4 heteroatoms. The molecule has 0 spiro atoms. The Hall–Kier alpha value is -2.23. The molecule has 0 fully saturated rings. The molecule has 104 valence electrons. The fraction of sp³-hybridized carbons (Fsp3) is 0.312. The predicted octanol–water partition coefficient (Wildman–Crippen LogP) is 2.60. The molecule has 4 nitrogen and oxygen atoms in total. The van der Waals surface area contributed by atoms with E-state index >= 15 is 0 Å². The molecule has 0 aliphatic heterocycles. The van der Waals surface area contributed by atoms with Gasteiger partial charge < -0.3 is 5.32 Å². The Balaban J connectivity index is 2.00. The molecule has 0 saturated heterocycles. The summed E-state index contributed by atoms with van der Waals surface area (Å²) in [4.78, 5) is 20.6. The zero-order valence-corrected chi connectivity index (χ0v) is 11.8. The topological polar surface area (TPSA) is 54.9 Å². The number of aryl methyl sites for hydroxylation is 1. The maximum Gasteiger partial charge on any atom is 0.227 e. The minimum atomic E-state index is -0.112. The monoisotopic (exact) mass is 269 g/mol. The molecule has 2 aromatic rings. The molecule has 1 amide bonds. The maximum atomic E-state index is 12.3. The van der Waals surface area contributed by atoms with Crippen molar-refractivity contribution in [1.82, 2.24) is 15.3 Å². The molecule has 0 bridgehead atoms. The van der Waals surface area contributed by atoms with Gasteiger partial charge in [-0.1, -0.05) is 37.3 Å². The minimum Gasteiger partial charge on any atom is -0.350 e. The van der Waals surface area contributed by atoms with Crippen LogP contribution < -0.4 is 5.32 Å². The third-order valence-electron chi connectivity index (χ3n) is 3.20. The van der Waals surface area contributed by atoms with Crippen molar-refractivity contribution >= 4 is 5.91 Å². The van der Waals surface area contributed by atoms with Gasteiger partial charge in [0.15, 0.2) is 0 Å². The molecule has 20 heavy (non-hydrogen) atoms. The predicted molar refractivity (Wildman–Crippen MR) is 78.1 cm³/mol. The Bertz CT molecular complexity index is 569. The molecule has 0 aliphatic rings. The van der Waals surface area contributed by atoms with Gasteiger partial charge in [-0.05, 0) is 25.0 Å². The Labute approximate surface area is 119 Å². The minimum absolute atomic E-state index is 0.0370. The van der Waals surface area contributed by atoms with E-state index in [1.165, 1.54) is 0 Å². The third-order valence-corrected chi connectivity index (χ3v) is 3.20. The van der Waals surface area contributed by atoms with Crippen LogP contribution in [0.2, 0.25) is 0 Å². The molecule has 1 aromatic carbocycles. The number of amides is 1. The summed E-state index contributed by atoms with van der Waals surface area (Å²) >= 11 is 0. The molecule has 0 aliphatic carbocycles.